The topological polar surface area (TPSA) is 85.3 Å². The third-order valence-electron chi connectivity index (χ3n) is 2.90. The number of nitrogens with one attached hydrogen (secondary N) is 1. The first kappa shape index (κ1) is 13.0. The first-order chi connectivity index (χ1) is 10.3. The third kappa shape index (κ3) is 3.14. The van der Waals surface area contributed by atoms with Gasteiger partial charge in [-0.3, -0.25) is 4.79 Å². The van der Waals surface area contributed by atoms with Gasteiger partial charge in [0.1, 0.15) is 11.3 Å². The van der Waals surface area contributed by atoms with E-state index in [1.54, 1.807) is 23.1 Å². The van der Waals surface area contributed by atoms with Crippen LogP contribution in [0.1, 0.15) is 12.2 Å². The van der Waals surface area contributed by atoms with Gasteiger partial charge in [0.05, 0.1) is 24.5 Å². The molecule has 0 unspecified atom stereocenters. The van der Waals surface area contributed by atoms with E-state index < -0.39 is 0 Å². The number of carbonyl (C=O) groups is 1. The van der Waals surface area contributed by atoms with Gasteiger partial charge in [-0.05, 0) is 24.3 Å². The van der Waals surface area contributed by atoms with E-state index in [1.165, 1.54) is 6.21 Å². The molecule has 7 heteroatoms. The monoisotopic (exact) mass is 283 g/mol. The lowest BCUT2D eigenvalue weighted by molar-refractivity contribution is -0.121. The first-order valence-electron chi connectivity index (χ1n) is 6.46. The van der Waals surface area contributed by atoms with E-state index in [0.717, 1.165) is 11.0 Å². The molecule has 3 aromatic rings. The Labute approximate surface area is 120 Å². The van der Waals surface area contributed by atoms with Crippen molar-refractivity contribution >= 4 is 23.2 Å². The largest absolute Gasteiger partial charge is 0.463 e. The highest BCUT2D eigenvalue weighted by molar-refractivity contribution is 5.80. The fourth-order valence-corrected chi connectivity index (χ4v) is 1.88. The van der Waals surface area contributed by atoms with Crippen molar-refractivity contribution in [3.8, 4) is 0 Å². The van der Waals surface area contributed by atoms with E-state index >= 15 is 0 Å². The van der Waals surface area contributed by atoms with Gasteiger partial charge in [0.25, 0.3) is 0 Å². The molecular formula is C14H13N5O2. The van der Waals surface area contributed by atoms with Crippen molar-refractivity contribution in [1.29, 1.82) is 0 Å². The van der Waals surface area contributed by atoms with Crippen molar-refractivity contribution in [2.24, 2.45) is 5.10 Å². The number of hydrazone groups is 1. The minimum atomic E-state index is -0.197. The smallest absolute Gasteiger partial charge is 0.241 e. The number of aryl methyl sites for hydroxylation is 1. The molecule has 2 aromatic heterocycles. The summed E-state index contributed by atoms with van der Waals surface area (Å²) < 4.78 is 6.76. The molecule has 0 aliphatic carbocycles. The molecule has 0 saturated carbocycles. The summed E-state index contributed by atoms with van der Waals surface area (Å²) in [5.41, 5.74) is 4.16. The fourth-order valence-electron chi connectivity index (χ4n) is 1.88. The Morgan fingerprint density at radius 2 is 2.24 bits per heavy atom. The maximum atomic E-state index is 11.7. The molecule has 106 valence electrons. The standard InChI is InChI=1S/C14H13N5O2/c20-14(17-15-10-11-4-3-9-21-11)7-8-19-13-6-2-1-5-12(13)16-18-19/h1-6,9-10H,7-8H2,(H,17,20). The molecule has 3 rings (SSSR count). The number of rotatable bonds is 5. The summed E-state index contributed by atoms with van der Waals surface area (Å²) in [5, 5.41) is 11.9. The van der Waals surface area contributed by atoms with Gasteiger partial charge in [0.2, 0.25) is 5.91 Å². The van der Waals surface area contributed by atoms with Crippen LogP contribution in [0.15, 0.2) is 52.2 Å². The highest BCUT2D eigenvalue weighted by Gasteiger charge is 2.05. The molecule has 0 atom stereocenters. The SMILES string of the molecule is O=C(CCn1nnc2ccccc21)NN=Cc1ccco1. The molecule has 21 heavy (non-hydrogen) atoms. The summed E-state index contributed by atoms with van der Waals surface area (Å²) in [4.78, 5) is 11.7. The molecule has 7 nitrogen and oxygen atoms in total. The van der Waals surface area contributed by atoms with Gasteiger partial charge in [-0.1, -0.05) is 17.3 Å². The summed E-state index contributed by atoms with van der Waals surface area (Å²) in [5.74, 6) is 0.384. The molecular weight excluding hydrogens is 270 g/mol. The number of benzene rings is 1. The van der Waals surface area contributed by atoms with Crippen molar-refractivity contribution in [2.45, 2.75) is 13.0 Å². The summed E-state index contributed by atoms with van der Waals surface area (Å²) in [6.45, 7) is 0.447. The Morgan fingerprint density at radius 3 is 3.10 bits per heavy atom. The molecule has 0 saturated heterocycles. The zero-order valence-electron chi connectivity index (χ0n) is 11.1. The Morgan fingerprint density at radius 1 is 1.33 bits per heavy atom. The molecule has 1 aromatic carbocycles. The zero-order valence-corrected chi connectivity index (χ0v) is 11.1. The van der Waals surface area contributed by atoms with Gasteiger partial charge in [-0.2, -0.15) is 5.10 Å². The van der Waals surface area contributed by atoms with Crippen LogP contribution < -0.4 is 5.43 Å². The maximum Gasteiger partial charge on any atom is 0.241 e. The predicted octanol–water partition coefficient (Wildman–Crippen LogP) is 1.56. The zero-order chi connectivity index (χ0) is 14.5. The summed E-state index contributed by atoms with van der Waals surface area (Å²) in [6, 6.07) is 11.1. The number of fused-ring (bicyclic) bond motifs is 1. The minimum Gasteiger partial charge on any atom is -0.463 e. The van der Waals surface area contributed by atoms with E-state index in [2.05, 4.69) is 20.8 Å². The number of para-hydroxylation sites is 1. The molecule has 1 amide bonds. The normalized spacial score (nSPS) is 11.2. The number of hydrogen-bond acceptors (Lipinski definition) is 5. The quantitative estimate of drug-likeness (QED) is 0.569. The van der Waals surface area contributed by atoms with Gasteiger partial charge in [-0.15, -0.1) is 5.10 Å². The molecule has 0 spiro atoms. The Bertz CT molecular complexity index is 761. The van der Waals surface area contributed by atoms with Crippen LogP contribution >= 0.6 is 0 Å². The average molecular weight is 283 g/mol. The lowest BCUT2D eigenvalue weighted by Crippen LogP contribution is -2.19. The molecule has 0 bridgehead atoms. The molecule has 0 aliphatic heterocycles. The number of aromatic nitrogens is 3. The summed E-state index contributed by atoms with van der Waals surface area (Å²) in [6.07, 6.45) is 3.25. The predicted molar refractivity (Wildman–Crippen MR) is 76.6 cm³/mol. The van der Waals surface area contributed by atoms with Gasteiger partial charge < -0.3 is 4.42 Å². The maximum absolute atomic E-state index is 11.7. The number of hydrogen-bond donors (Lipinski definition) is 1. The highest BCUT2D eigenvalue weighted by Crippen LogP contribution is 2.09. The Kier molecular flexibility index (Phi) is 3.72. The molecule has 0 radical (unpaired) electrons. The van der Waals surface area contributed by atoms with Crippen LogP contribution in [0, 0.1) is 0 Å². The third-order valence-corrected chi connectivity index (χ3v) is 2.90. The van der Waals surface area contributed by atoms with Crippen LogP contribution in [0.3, 0.4) is 0 Å². The van der Waals surface area contributed by atoms with Crippen LogP contribution in [0.25, 0.3) is 11.0 Å². The van der Waals surface area contributed by atoms with E-state index in [-0.39, 0.29) is 12.3 Å². The van der Waals surface area contributed by atoms with Crippen LogP contribution in [-0.4, -0.2) is 27.1 Å². The summed E-state index contributed by atoms with van der Waals surface area (Å²) >= 11 is 0. The van der Waals surface area contributed by atoms with E-state index in [4.69, 9.17) is 4.42 Å². The van der Waals surface area contributed by atoms with Gasteiger partial charge in [-0.25, -0.2) is 10.1 Å². The lowest BCUT2D eigenvalue weighted by Gasteiger charge is -2.01. The second-order valence-electron chi connectivity index (χ2n) is 4.36. The number of nitrogens with zero attached hydrogens (tertiary/aromatic N) is 4. The molecule has 1 N–H and O–H groups in total. The van der Waals surface area contributed by atoms with Crippen LogP contribution in [-0.2, 0) is 11.3 Å². The van der Waals surface area contributed by atoms with Crippen molar-refractivity contribution in [2.75, 3.05) is 0 Å². The van der Waals surface area contributed by atoms with Crippen molar-refractivity contribution in [1.82, 2.24) is 20.4 Å². The number of carbonyl (C=O) groups excluding carboxylic acids is 1. The Balaban J connectivity index is 1.54. The number of amides is 1. The van der Waals surface area contributed by atoms with E-state index in [1.807, 2.05) is 24.3 Å². The van der Waals surface area contributed by atoms with Crippen LogP contribution in [0.4, 0.5) is 0 Å². The van der Waals surface area contributed by atoms with Gasteiger partial charge in [0.15, 0.2) is 0 Å². The molecule has 0 fully saturated rings. The highest BCUT2D eigenvalue weighted by atomic mass is 16.3. The van der Waals surface area contributed by atoms with Gasteiger partial charge in [0, 0.05) is 6.42 Å². The van der Waals surface area contributed by atoms with E-state index in [0.29, 0.717) is 12.3 Å². The summed E-state index contributed by atoms with van der Waals surface area (Å²) in [7, 11) is 0. The molecule has 2 heterocycles. The van der Waals surface area contributed by atoms with Crippen LogP contribution in [0.5, 0.6) is 0 Å². The second kappa shape index (κ2) is 6.00. The number of furan rings is 1. The minimum absolute atomic E-state index is 0.197. The first-order valence-corrected chi connectivity index (χ1v) is 6.46. The van der Waals surface area contributed by atoms with Crippen molar-refractivity contribution in [3.63, 3.8) is 0 Å². The fraction of sp³-hybridized carbons (Fsp3) is 0.143. The average Bonchev–Trinajstić information content (AvgIpc) is 3.14. The Hall–Kier alpha value is -2.96. The van der Waals surface area contributed by atoms with E-state index in [9.17, 15) is 4.79 Å². The van der Waals surface area contributed by atoms with Gasteiger partial charge >= 0.3 is 0 Å². The molecule has 0 aliphatic rings. The van der Waals surface area contributed by atoms with Crippen molar-refractivity contribution < 1.29 is 9.21 Å². The van der Waals surface area contributed by atoms with Crippen LogP contribution in [0.2, 0.25) is 0 Å². The lowest BCUT2D eigenvalue weighted by atomic mass is 10.3. The van der Waals surface area contributed by atoms with Crippen molar-refractivity contribution in [3.05, 3.63) is 48.4 Å². The second-order valence-corrected chi connectivity index (χ2v) is 4.36.